The van der Waals surface area contributed by atoms with Crippen LogP contribution in [0.15, 0.2) is 0 Å². The summed E-state index contributed by atoms with van der Waals surface area (Å²) in [7, 11) is 0. The van der Waals surface area contributed by atoms with Crippen molar-refractivity contribution in [3.8, 4) is 0 Å². The highest BCUT2D eigenvalue weighted by atomic mass is 14.5. The van der Waals surface area contributed by atoms with Crippen LogP contribution in [0.5, 0.6) is 0 Å². The van der Waals surface area contributed by atoms with Crippen LogP contribution in [0.1, 0.15) is 66.2 Å². The summed E-state index contributed by atoms with van der Waals surface area (Å²) in [6, 6.07) is 0. The van der Waals surface area contributed by atoms with E-state index in [-0.39, 0.29) is 0 Å². The molecule has 2 aliphatic carbocycles. The van der Waals surface area contributed by atoms with E-state index in [1.165, 1.54) is 38.5 Å². The van der Waals surface area contributed by atoms with Gasteiger partial charge in [0.05, 0.1) is 0 Å². The maximum atomic E-state index is 2.45. The first-order valence-corrected chi connectivity index (χ1v) is 7.61. The molecule has 0 aliphatic heterocycles. The molecule has 0 bridgehead atoms. The normalized spacial score (nSPS) is 40.1. The van der Waals surface area contributed by atoms with Crippen LogP contribution in [0.2, 0.25) is 0 Å². The van der Waals surface area contributed by atoms with Crippen LogP contribution < -0.4 is 0 Å². The summed E-state index contributed by atoms with van der Waals surface area (Å²) in [6.45, 7) is 9.80. The van der Waals surface area contributed by atoms with Crippen molar-refractivity contribution >= 4 is 0 Å². The highest BCUT2D eigenvalue weighted by Gasteiger charge is 2.41. The van der Waals surface area contributed by atoms with Crippen molar-refractivity contribution in [1.82, 2.24) is 0 Å². The molecule has 4 atom stereocenters. The second-order valence-corrected chi connectivity index (χ2v) is 7.01. The maximum Gasteiger partial charge on any atom is -0.0352 e. The molecule has 0 nitrogen and oxygen atoms in total. The lowest BCUT2D eigenvalue weighted by atomic mass is 9.57. The minimum Gasteiger partial charge on any atom is -0.0625 e. The molecule has 0 amide bonds. The van der Waals surface area contributed by atoms with E-state index in [4.69, 9.17) is 0 Å². The molecule has 16 heavy (non-hydrogen) atoms. The summed E-state index contributed by atoms with van der Waals surface area (Å²) in [5.41, 5.74) is 0. The molecule has 0 heteroatoms. The van der Waals surface area contributed by atoms with Gasteiger partial charge >= 0.3 is 0 Å². The van der Waals surface area contributed by atoms with Gasteiger partial charge in [-0.05, 0) is 61.2 Å². The topological polar surface area (TPSA) is 0 Å². The first-order valence-electron chi connectivity index (χ1n) is 7.61. The van der Waals surface area contributed by atoms with Crippen molar-refractivity contribution < 1.29 is 0 Å². The largest absolute Gasteiger partial charge is 0.0625 e. The predicted molar refractivity (Wildman–Crippen MR) is 71.3 cm³/mol. The molecule has 0 radical (unpaired) electrons. The minimum absolute atomic E-state index is 0.915. The van der Waals surface area contributed by atoms with E-state index in [2.05, 4.69) is 27.7 Å². The summed E-state index contributed by atoms with van der Waals surface area (Å²) in [4.78, 5) is 0. The average molecular weight is 222 g/mol. The van der Waals surface area contributed by atoms with Gasteiger partial charge in [0, 0.05) is 0 Å². The van der Waals surface area contributed by atoms with Gasteiger partial charge in [0.25, 0.3) is 0 Å². The van der Waals surface area contributed by atoms with Crippen molar-refractivity contribution in [1.29, 1.82) is 0 Å². The van der Waals surface area contributed by atoms with Crippen LogP contribution in [0, 0.1) is 35.5 Å². The third-order valence-electron chi connectivity index (χ3n) is 5.52. The van der Waals surface area contributed by atoms with Crippen molar-refractivity contribution in [2.75, 3.05) is 0 Å². The van der Waals surface area contributed by atoms with Gasteiger partial charge in [0.2, 0.25) is 0 Å². The van der Waals surface area contributed by atoms with E-state index in [0.29, 0.717) is 0 Å². The minimum atomic E-state index is 0.915. The summed E-state index contributed by atoms with van der Waals surface area (Å²) < 4.78 is 0. The monoisotopic (exact) mass is 222 g/mol. The molecule has 2 saturated carbocycles. The van der Waals surface area contributed by atoms with Gasteiger partial charge < -0.3 is 0 Å². The van der Waals surface area contributed by atoms with E-state index in [1.807, 2.05) is 0 Å². The predicted octanol–water partition coefficient (Wildman–Crippen LogP) is 5.13. The standard InChI is InChI=1S/C16H30/c1-11(2)13-9-10-14(12(3)4)16-8-6-5-7-15(13)16/h11-16H,5-10H2,1-4H3/t13?,14?,15-,16-/m0/s1. The lowest BCUT2D eigenvalue weighted by Crippen LogP contribution is -2.40. The van der Waals surface area contributed by atoms with Gasteiger partial charge in [-0.2, -0.15) is 0 Å². The third-order valence-corrected chi connectivity index (χ3v) is 5.52. The fourth-order valence-corrected chi connectivity index (χ4v) is 4.72. The van der Waals surface area contributed by atoms with Crippen molar-refractivity contribution in [3.05, 3.63) is 0 Å². The van der Waals surface area contributed by atoms with Crippen LogP contribution in [-0.4, -0.2) is 0 Å². The zero-order valence-electron chi connectivity index (χ0n) is 11.7. The van der Waals surface area contributed by atoms with E-state index >= 15 is 0 Å². The van der Waals surface area contributed by atoms with Gasteiger partial charge in [0.15, 0.2) is 0 Å². The molecule has 0 heterocycles. The zero-order valence-corrected chi connectivity index (χ0v) is 11.7. The molecular weight excluding hydrogens is 192 g/mol. The van der Waals surface area contributed by atoms with Crippen LogP contribution >= 0.6 is 0 Å². The fourth-order valence-electron chi connectivity index (χ4n) is 4.72. The van der Waals surface area contributed by atoms with E-state index < -0.39 is 0 Å². The molecule has 2 unspecified atom stereocenters. The Morgan fingerprint density at radius 3 is 1.31 bits per heavy atom. The maximum absolute atomic E-state index is 2.45. The Morgan fingerprint density at radius 2 is 1.00 bits per heavy atom. The van der Waals surface area contributed by atoms with Crippen molar-refractivity contribution in [2.45, 2.75) is 66.2 Å². The molecule has 0 N–H and O–H groups in total. The van der Waals surface area contributed by atoms with Gasteiger partial charge in [-0.1, -0.05) is 40.5 Å². The summed E-state index contributed by atoms with van der Waals surface area (Å²) >= 11 is 0. The Morgan fingerprint density at radius 1 is 0.625 bits per heavy atom. The fraction of sp³-hybridized carbons (Fsp3) is 1.00. The number of hydrogen-bond donors (Lipinski definition) is 0. The van der Waals surface area contributed by atoms with Crippen molar-refractivity contribution in [2.24, 2.45) is 35.5 Å². The Kier molecular flexibility index (Phi) is 3.97. The first-order chi connectivity index (χ1) is 7.61. The van der Waals surface area contributed by atoms with Crippen LogP contribution in [0.3, 0.4) is 0 Å². The molecule has 2 fully saturated rings. The van der Waals surface area contributed by atoms with Crippen molar-refractivity contribution in [3.63, 3.8) is 0 Å². The van der Waals surface area contributed by atoms with E-state index in [1.54, 1.807) is 0 Å². The molecule has 94 valence electrons. The average Bonchev–Trinajstić information content (AvgIpc) is 2.27. The molecule has 2 aliphatic rings. The third kappa shape index (κ3) is 2.31. The number of fused-ring (bicyclic) bond motifs is 1. The van der Waals surface area contributed by atoms with Crippen LogP contribution in [0.25, 0.3) is 0 Å². The summed E-state index contributed by atoms with van der Waals surface area (Å²) in [5.74, 6) is 6.07. The first kappa shape index (κ1) is 12.5. The molecule has 0 spiro atoms. The number of hydrogen-bond acceptors (Lipinski definition) is 0. The Bertz CT molecular complexity index is 192. The number of rotatable bonds is 2. The quantitative estimate of drug-likeness (QED) is 0.607. The Hall–Kier alpha value is 0. The second-order valence-electron chi connectivity index (χ2n) is 7.01. The molecule has 0 aromatic carbocycles. The van der Waals surface area contributed by atoms with Gasteiger partial charge in [-0.25, -0.2) is 0 Å². The molecule has 2 rings (SSSR count). The molecule has 0 aromatic heterocycles. The SMILES string of the molecule is CC(C)C1CCC(C(C)C)[C@@H]2CCCC[C@@H]12. The molecular formula is C16H30. The van der Waals surface area contributed by atoms with Gasteiger partial charge in [-0.15, -0.1) is 0 Å². The molecule has 0 aromatic rings. The lowest BCUT2D eigenvalue weighted by Gasteiger charge is -2.49. The molecule has 0 saturated heterocycles. The highest BCUT2D eigenvalue weighted by Crippen LogP contribution is 2.50. The van der Waals surface area contributed by atoms with E-state index in [9.17, 15) is 0 Å². The highest BCUT2D eigenvalue weighted by molar-refractivity contribution is 4.91. The summed E-state index contributed by atoms with van der Waals surface area (Å²) in [6.07, 6.45) is 9.13. The lowest BCUT2D eigenvalue weighted by molar-refractivity contribution is 0.00954. The van der Waals surface area contributed by atoms with Crippen LogP contribution in [-0.2, 0) is 0 Å². The second kappa shape index (κ2) is 5.10. The zero-order chi connectivity index (χ0) is 11.7. The summed E-state index contributed by atoms with van der Waals surface area (Å²) in [5, 5.41) is 0. The van der Waals surface area contributed by atoms with Gasteiger partial charge in [-0.3, -0.25) is 0 Å². The smallest absolute Gasteiger partial charge is 0.0352 e. The van der Waals surface area contributed by atoms with Gasteiger partial charge in [0.1, 0.15) is 0 Å². The Balaban J connectivity index is 2.11. The van der Waals surface area contributed by atoms with E-state index in [0.717, 1.165) is 35.5 Å². The van der Waals surface area contributed by atoms with Crippen LogP contribution in [0.4, 0.5) is 0 Å². The Labute approximate surface area is 102 Å².